The molecular weight excluding hydrogens is 188 g/mol. The first-order valence-corrected chi connectivity index (χ1v) is 4.87. The Labute approximate surface area is 90.0 Å². The van der Waals surface area contributed by atoms with E-state index in [-0.39, 0.29) is 0 Å². The molecule has 0 saturated heterocycles. The molecule has 0 aliphatic heterocycles. The number of hydrogen-bond donors (Lipinski definition) is 0. The van der Waals surface area contributed by atoms with Crippen molar-refractivity contribution in [1.82, 2.24) is 0 Å². The van der Waals surface area contributed by atoms with Crippen molar-refractivity contribution in [3.05, 3.63) is 0 Å². The molecule has 0 aliphatic carbocycles. The monoisotopic (exact) mass is 200 g/mol. The molecule has 4 nitrogen and oxygen atoms in total. The highest BCUT2D eigenvalue weighted by Gasteiger charge is 2.06. The Hall–Kier alpha value is -2.04. The lowest BCUT2D eigenvalue weighted by atomic mass is 10.0. The summed E-state index contributed by atoms with van der Waals surface area (Å²) in [7, 11) is 0. The molecule has 0 unspecified atom stereocenters. The molecule has 4 heteroatoms. The average Bonchev–Trinajstić information content (AvgIpc) is 2.29. The van der Waals surface area contributed by atoms with Crippen LogP contribution in [0.1, 0.15) is 32.1 Å². The van der Waals surface area contributed by atoms with E-state index in [9.17, 15) is 0 Å². The van der Waals surface area contributed by atoms with Gasteiger partial charge in [0, 0.05) is 0 Å². The minimum Gasteiger partial charge on any atom is -0.197 e. The minimum atomic E-state index is -0.521. The lowest BCUT2D eigenvalue weighted by Gasteiger charge is -2.01. The summed E-state index contributed by atoms with van der Waals surface area (Å²) in [4.78, 5) is 0. The Kier molecular flexibility index (Phi) is 7.39. The number of unbranched alkanes of at least 4 members (excludes halogenated alkanes) is 2. The van der Waals surface area contributed by atoms with Gasteiger partial charge in [-0.25, -0.2) is 0 Å². The molecule has 0 saturated carbocycles. The number of hydrogen-bond acceptors (Lipinski definition) is 4. The summed E-state index contributed by atoms with van der Waals surface area (Å²) in [6, 6.07) is 7.63. The maximum atomic E-state index is 8.49. The summed E-state index contributed by atoms with van der Waals surface area (Å²) < 4.78 is 0. The van der Waals surface area contributed by atoms with E-state index >= 15 is 0 Å². The van der Waals surface area contributed by atoms with Gasteiger partial charge < -0.3 is 0 Å². The fraction of sp³-hybridized carbons (Fsp3) is 0.636. The number of nitrogens with zero attached hydrogens (tertiary/aromatic N) is 4. The minimum absolute atomic E-state index is 0.521. The Morgan fingerprint density at radius 1 is 0.600 bits per heavy atom. The van der Waals surface area contributed by atoms with Gasteiger partial charge >= 0.3 is 0 Å². The van der Waals surface area contributed by atoms with E-state index in [2.05, 4.69) is 0 Å². The van der Waals surface area contributed by atoms with E-state index < -0.39 is 11.8 Å². The second kappa shape index (κ2) is 8.55. The van der Waals surface area contributed by atoms with Crippen molar-refractivity contribution in [3.8, 4) is 24.3 Å². The van der Waals surface area contributed by atoms with E-state index in [0.717, 1.165) is 19.3 Å². The molecule has 0 bridgehead atoms. The third kappa shape index (κ3) is 6.09. The van der Waals surface area contributed by atoms with Crippen LogP contribution in [0.3, 0.4) is 0 Å². The van der Waals surface area contributed by atoms with Gasteiger partial charge in [0.1, 0.15) is 11.8 Å². The van der Waals surface area contributed by atoms with E-state index in [1.165, 1.54) is 0 Å². The van der Waals surface area contributed by atoms with Crippen LogP contribution in [0.2, 0.25) is 0 Å². The lowest BCUT2D eigenvalue weighted by Crippen LogP contribution is -1.95. The predicted octanol–water partition coefficient (Wildman–Crippen LogP) is 2.26. The molecule has 0 fully saturated rings. The van der Waals surface area contributed by atoms with Crippen LogP contribution in [0.5, 0.6) is 0 Å². The molecule has 15 heavy (non-hydrogen) atoms. The number of rotatable bonds is 6. The normalized spacial score (nSPS) is 8.93. The zero-order valence-corrected chi connectivity index (χ0v) is 8.48. The molecule has 0 aromatic carbocycles. The van der Waals surface area contributed by atoms with Crippen molar-refractivity contribution < 1.29 is 0 Å². The van der Waals surface area contributed by atoms with Gasteiger partial charge in [-0.05, 0) is 12.8 Å². The first-order valence-electron chi connectivity index (χ1n) is 4.87. The Morgan fingerprint density at radius 2 is 0.933 bits per heavy atom. The molecule has 76 valence electrons. The summed E-state index contributed by atoms with van der Waals surface area (Å²) in [6.07, 6.45) is 3.62. The fourth-order valence-corrected chi connectivity index (χ4v) is 1.19. The van der Waals surface area contributed by atoms with Crippen molar-refractivity contribution in [3.63, 3.8) is 0 Å². The largest absolute Gasteiger partial charge is 0.197 e. The van der Waals surface area contributed by atoms with E-state index in [4.69, 9.17) is 21.0 Å². The highest BCUT2D eigenvalue weighted by atomic mass is 14.3. The molecule has 0 atom stereocenters. The second-order valence-corrected chi connectivity index (χ2v) is 3.26. The summed E-state index contributed by atoms with van der Waals surface area (Å²) in [5.74, 6) is -1.04. The first-order chi connectivity index (χ1) is 7.28. The van der Waals surface area contributed by atoms with Gasteiger partial charge in [0.2, 0.25) is 0 Å². The molecule has 0 rings (SSSR count). The van der Waals surface area contributed by atoms with Crippen LogP contribution in [0, 0.1) is 57.2 Å². The SMILES string of the molecule is N#CC(C#N)CCCCCC(C#N)C#N. The molecule has 0 radical (unpaired) electrons. The van der Waals surface area contributed by atoms with Crippen LogP contribution < -0.4 is 0 Å². The summed E-state index contributed by atoms with van der Waals surface area (Å²) in [5.41, 5.74) is 0. The van der Waals surface area contributed by atoms with E-state index in [1.807, 2.05) is 24.3 Å². The topological polar surface area (TPSA) is 95.2 Å². The van der Waals surface area contributed by atoms with Gasteiger partial charge in [0.15, 0.2) is 0 Å². The van der Waals surface area contributed by atoms with Gasteiger partial charge in [-0.1, -0.05) is 19.3 Å². The molecule has 0 aromatic heterocycles. The smallest absolute Gasteiger partial charge is 0.133 e. The van der Waals surface area contributed by atoms with Crippen molar-refractivity contribution >= 4 is 0 Å². The summed E-state index contributed by atoms with van der Waals surface area (Å²) in [5, 5.41) is 34.0. The maximum Gasteiger partial charge on any atom is 0.133 e. The Bertz CT molecular complexity index is 272. The van der Waals surface area contributed by atoms with Crippen LogP contribution in [0.15, 0.2) is 0 Å². The highest BCUT2D eigenvalue weighted by Crippen LogP contribution is 2.12. The average molecular weight is 200 g/mol. The van der Waals surface area contributed by atoms with Crippen molar-refractivity contribution in [2.45, 2.75) is 32.1 Å². The third-order valence-electron chi connectivity index (χ3n) is 2.11. The van der Waals surface area contributed by atoms with Crippen molar-refractivity contribution in [2.75, 3.05) is 0 Å². The quantitative estimate of drug-likeness (QED) is 0.614. The number of nitriles is 4. The second-order valence-electron chi connectivity index (χ2n) is 3.26. The first kappa shape index (κ1) is 13.0. The van der Waals surface area contributed by atoms with E-state index in [0.29, 0.717) is 12.8 Å². The molecule has 0 spiro atoms. The van der Waals surface area contributed by atoms with Gasteiger partial charge in [-0.15, -0.1) is 0 Å². The van der Waals surface area contributed by atoms with Crippen LogP contribution in [-0.4, -0.2) is 0 Å². The highest BCUT2D eigenvalue weighted by molar-refractivity contribution is 4.99. The molecule has 0 heterocycles. The van der Waals surface area contributed by atoms with Crippen molar-refractivity contribution in [1.29, 1.82) is 21.0 Å². The fourth-order valence-electron chi connectivity index (χ4n) is 1.19. The molecular formula is C11H12N4. The van der Waals surface area contributed by atoms with Gasteiger partial charge in [0.05, 0.1) is 24.3 Å². The summed E-state index contributed by atoms with van der Waals surface area (Å²) in [6.45, 7) is 0. The Balaban J connectivity index is 3.51. The van der Waals surface area contributed by atoms with Crippen LogP contribution in [0.4, 0.5) is 0 Å². The summed E-state index contributed by atoms with van der Waals surface area (Å²) >= 11 is 0. The third-order valence-corrected chi connectivity index (χ3v) is 2.11. The maximum absolute atomic E-state index is 8.49. The molecule has 0 aromatic rings. The zero-order chi connectivity index (χ0) is 11.5. The van der Waals surface area contributed by atoms with Crippen LogP contribution >= 0.6 is 0 Å². The Morgan fingerprint density at radius 3 is 1.20 bits per heavy atom. The predicted molar refractivity (Wildman–Crippen MR) is 52.5 cm³/mol. The van der Waals surface area contributed by atoms with E-state index in [1.54, 1.807) is 0 Å². The van der Waals surface area contributed by atoms with Gasteiger partial charge in [-0.3, -0.25) is 0 Å². The zero-order valence-electron chi connectivity index (χ0n) is 8.48. The van der Waals surface area contributed by atoms with Gasteiger partial charge in [0.25, 0.3) is 0 Å². The lowest BCUT2D eigenvalue weighted by molar-refractivity contribution is 0.568. The standard InChI is InChI=1S/C11H12N4/c12-6-10(7-13)4-2-1-3-5-11(8-14)9-15/h10-11H,1-5H2. The van der Waals surface area contributed by atoms with Crippen molar-refractivity contribution in [2.24, 2.45) is 11.8 Å². The molecule has 0 aliphatic rings. The van der Waals surface area contributed by atoms with Crippen LogP contribution in [0.25, 0.3) is 0 Å². The van der Waals surface area contributed by atoms with Gasteiger partial charge in [-0.2, -0.15) is 21.0 Å². The van der Waals surface area contributed by atoms with Crippen LogP contribution in [-0.2, 0) is 0 Å². The molecule has 0 N–H and O–H groups in total. The molecule has 0 amide bonds.